The van der Waals surface area contributed by atoms with Gasteiger partial charge in [0.15, 0.2) is 5.78 Å². The van der Waals surface area contributed by atoms with E-state index in [1.165, 1.54) is 0 Å². The first-order valence-corrected chi connectivity index (χ1v) is 10.2. The van der Waals surface area contributed by atoms with Crippen molar-refractivity contribution in [2.24, 2.45) is 0 Å². The molecule has 0 saturated carbocycles. The number of rotatable bonds is 6. The van der Waals surface area contributed by atoms with Gasteiger partial charge < -0.3 is 13.9 Å². The van der Waals surface area contributed by atoms with E-state index < -0.39 is 0 Å². The zero-order chi connectivity index (χ0) is 20.4. The molecule has 152 valence electrons. The van der Waals surface area contributed by atoms with Crippen LogP contribution in [0.4, 0.5) is 5.82 Å². The zero-order valence-electron chi connectivity index (χ0n) is 17.3. The van der Waals surface area contributed by atoms with Gasteiger partial charge >= 0.3 is 0 Å². The summed E-state index contributed by atoms with van der Waals surface area (Å²) in [5.74, 6) is 2.09. The van der Waals surface area contributed by atoms with Crippen molar-refractivity contribution in [1.82, 2.24) is 14.5 Å². The minimum Gasteiger partial charge on any atom is -0.467 e. The molecule has 0 aliphatic carbocycles. The molecule has 6 nitrogen and oxygen atoms in total. The molecule has 0 unspecified atom stereocenters. The van der Waals surface area contributed by atoms with Crippen LogP contribution in [0.5, 0.6) is 0 Å². The number of carbonyl (C=O) groups excluding carboxylic acids is 1. The number of hydrogen-bond acceptors (Lipinski definition) is 5. The van der Waals surface area contributed by atoms with Gasteiger partial charge in [0, 0.05) is 49.3 Å². The predicted molar refractivity (Wildman–Crippen MR) is 114 cm³/mol. The summed E-state index contributed by atoms with van der Waals surface area (Å²) in [4.78, 5) is 22.3. The number of aryl methyl sites for hydroxylation is 1. The van der Waals surface area contributed by atoms with E-state index in [1.807, 2.05) is 63.4 Å². The number of furan rings is 1. The van der Waals surface area contributed by atoms with Crippen LogP contribution in [-0.4, -0.2) is 52.5 Å². The highest BCUT2D eigenvalue weighted by molar-refractivity contribution is 6.01. The normalized spacial score (nSPS) is 16.2. The Kier molecular flexibility index (Phi) is 5.53. The number of ketones is 1. The molecule has 4 rings (SSSR count). The summed E-state index contributed by atoms with van der Waals surface area (Å²) < 4.78 is 7.63. The van der Waals surface area contributed by atoms with Crippen molar-refractivity contribution in [3.05, 3.63) is 71.6 Å². The fraction of sp³-hybridized carbons (Fsp3) is 0.391. The Morgan fingerprint density at radius 3 is 2.59 bits per heavy atom. The van der Waals surface area contributed by atoms with Crippen LogP contribution in [0.25, 0.3) is 0 Å². The molecule has 1 fully saturated rings. The zero-order valence-corrected chi connectivity index (χ0v) is 17.3. The van der Waals surface area contributed by atoms with Crippen LogP contribution in [0.3, 0.4) is 0 Å². The van der Waals surface area contributed by atoms with Crippen molar-refractivity contribution in [3.63, 3.8) is 0 Å². The van der Waals surface area contributed by atoms with E-state index in [0.29, 0.717) is 6.54 Å². The second-order valence-electron chi connectivity index (χ2n) is 7.70. The molecule has 0 radical (unpaired) electrons. The van der Waals surface area contributed by atoms with Crippen molar-refractivity contribution in [2.75, 3.05) is 31.1 Å². The molecule has 6 heteroatoms. The van der Waals surface area contributed by atoms with E-state index in [2.05, 4.69) is 19.4 Å². The Labute approximate surface area is 171 Å². The van der Waals surface area contributed by atoms with Gasteiger partial charge in [-0.3, -0.25) is 9.69 Å². The molecule has 1 aliphatic heterocycles. The molecule has 4 heterocycles. The predicted octanol–water partition coefficient (Wildman–Crippen LogP) is 3.53. The maximum atomic E-state index is 13.3. The minimum atomic E-state index is -0.140. The molecular formula is C23H28N4O2. The molecule has 0 N–H and O–H groups in total. The molecular weight excluding hydrogens is 364 g/mol. The molecule has 1 atom stereocenters. The van der Waals surface area contributed by atoms with Gasteiger partial charge in [-0.2, -0.15) is 0 Å². The van der Waals surface area contributed by atoms with Gasteiger partial charge in [0.05, 0.1) is 18.8 Å². The first-order chi connectivity index (χ1) is 14.0. The number of carbonyl (C=O) groups is 1. The van der Waals surface area contributed by atoms with Gasteiger partial charge in [0.25, 0.3) is 0 Å². The van der Waals surface area contributed by atoms with Gasteiger partial charge in [-0.25, -0.2) is 4.98 Å². The van der Waals surface area contributed by atoms with E-state index in [-0.39, 0.29) is 11.8 Å². The summed E-state index contributed by atoms with van der Waals surface area (Å²) in [5.41, 5.74) is 2.89. The van der Waals surface area contributed by atoms with Crippen molar-refractivity contribution in [3.8, 4) is 0 Å². The first kappa shape index (κ1) is 19.5. The van der Waals surface area contributed by atoms with Gasteiger partial charge in [-0.15, -0.1) is 0 Å². The minimum absolute atomic E-state index is 0.140. The molecule has 1 saturated heterocycles. The molecule has 0 amide bonds. The van der Waals surface area contributed by atoms with Gasteiger partial charge in [0.2, 0.25) is 0 Å². The van der Waals surface area contributed by atoms with E-state index >= 15 is 0 Å². The van der Waals surface area contributed by atoms with Crippen molar-refractivity contribution >= 4 is 11.6 Å². The lowest BCUT2D eigenvalue weighted by atomic mass is 10.0. The van der Waals surface area contributed by atoms with Crippen molar-refractivity contribution in [1.29, 1.82) is 0 Å². The molecule has 1 aliphatic rings. The Bertz CT molecular complexity index is 954. The second-order valence-corrected chi connectivity index (χ2v) is 7.70. The monoisotopic (exact) mass is 392 g/mol. The number of pyridine rings is 1. The summed E-state index contributed by atoms with van der Waals surface area (Å²) in [7, 11) is 0. The fourth-order valence-electron chi connectivity index (χ4n) is 4.12. The van der Waals surface area contributed by atoms with Crippen LogP contribution in [0.1, 0.15) is 34.4 Å². The quantitative estimate of drug-likeness (QED) is 0.601. The highest BCUT2D eigenvalue weighted by Crippen LogP contribution is 2.21. The fourth-order valence-corrected chi connectivity index (χ4v) is 4.12. The Balaban J connectivity index is 1.43. The summed E-state index contributed by atoms with van der Waals surface area (Å²) >= 11 is 0. The number of anilines is 1. The number of hydrogen-bond donors (Lipinski definition) is 0. The number of nitrogens with zero attached hydrogens (tertiary/aromatic N) is 4. The lowest BCUT2D eigenvalue weighted by Crippen LogP contribution is -2.52. The van der Waals surface area contributed by atoms with Crippen LogP contribution in [-0.2, 0) is 6.54 Å². The van der Waals surface area contributed by atoms with Crippen LogP contribution in [0, 0.1) is 13.8 Å². The van der Waals surface area contributed by atoms with Crippen molar-refractivity contribution < 1.29 is 9.21 Å². The highest BCUT2D eigenvalue weighted by Gasteiger charge is 2.28. The summed E-state index contributed by atoms with van der Waals surface area (Å²) in [6.45, 7) is 10.2. The van der Waals surface area contributed by atoms with Crippen LogP contribution < -0.4 is 4.90 Å². The number of Topliss-reactive ketones (excluding diaryl/α,β-unsaturated/α-hetero) is 1. The SMILES string of the molecule is Cc1cc(C(=O)[C@H](C)N2CCN(c3ccccn3)CC2)c(C)n1Cc1ccco1. The largest absolute Gasteiger partial charge is 0.467 e. The van der Waals surface area contributed by atoms with Crippen LogP contribution in [0.15, 0.2) is 53.3 Å². The number of aromatic nitrogens is 2. The Morgan fingerprint density at radius 2 is 1.93 bits per heavy atom. The van der Waals surface area contributed by atoms with E-state index in [4.69, 9.17) is 4.42 Å². The third-order valence-electron chi connectivity index (χ3n) is 5.95. The maximum absolute atomic E-state index is 13.3. The second kappa shape index (κ2) is 8.25. The van der Waals surface area contributed by atoms with Gasteiger partial charge in [0.1, 0.15) is 11.6 Å². The standard InChI is InChI=1S/C23H28N4O2/c1-17-15-21(18(2)27(17)16-20-7-6-14-29-20)23(28)19(3)25-10-12-26(13-11-25)22-8-4-5-9-24-22/h4-9,14-15,19H,10-13,16H2,1-3H3/t19-/m0/s1. The Hall–Kier alpha value is -2.86. The summed E-state index contributed by atoms with van der Waals surface area (Å²) in [6, 6.07) is 11.7. The first-order valence-electron chi connectivity index (χ1n) is 10.2. The Morgan fingerprint density at radius 1 is 1.14 bits per heavy atom. The van der Waals surface area contributed by atoms with Crippen molar-refractivity contribution in [2.45, 2.75) is 33.4 Å². The average Bonchev–Trinajstić information content (AvgIpc) is 3.37. The van der Waals surface area contributed by atoms with E-state index in [9.17, 15) is 4.79 Å². The molecule has 0 bridgehead atoms. The van der Waals surface area contributed by atoms with E-state index in [0.717, 1.165) is 54.7 Å². The van der Waals surface area contributed by atoms with Gasteiger partial charge in [-0.05, 0) is 51.1 Å². The van der Waals surface area contributed by atoms with Crippen LogP contribution in [0.2, 0.25) is 0 Å². The smallest absolute Gasteiger partial charge is 0.181 e. The molecule has 0 spiro atoms. The lowest BCUT2D eigenvalue weighted by molar-refractivity contribution is 0.0829. The average molecular weight is 393 g/mol. The van der Waals surface area contributed by atoms with E-state index in [1.54, 1.807) is 6.26 Å². The highest BCUT2D eigenvalue weighted by atomic mass is 16.3. The molecule has 0 aromatic carbocycles. The topological polar surface area (TPSA) is 54.5 Å². The lowest BCUT2D eigenvalue weighted by Gasteiger charge is -2.38. The summed E-state index contributed by atoms with van der Waals surface area (Å²) in [5, 5.41) is 0. The summed E-state index contributed by atoms with van der Waals surface area (Å²) in [6.07, 6.45) is 3.51. The number of piperazine rings is 1. The molecule has 3 aromatic heterocycles. The molecule has 29 heavy (non-hydrogen) atoms. The van der Waals surface area contributed by atoms with Crippen LogP contribution >= 0.6 is 0 Å². The maximum Gasteiger partial charge on any atom is 0.181 e. The molecule has 3 aromatic rings. The third-order valence-corrected chi connectivity index (χ3v) is 5.95. The van der Waals surface area contributed by atoms with Gasteiger partial charge in [-0.1, -0.05) is 6.07 Å². The third kappa shape index (κ3) is 3.98.